The Balaban J connectivity index is 1.99. The van der Waals surface area contributed by atoms with Gasteiger partial charge < -0.3 is 4.74 Å². The molecule has 0 saturated carbocycles. The topological polar surface area (TPSA) is 26.3 Å². The van der Waals surface area contributed by atoms with Crippen molar-refractivity contribution in [2.24, 2.45) is 0 Å². The zero-order valence-corrected chi connectivity index (χ0v) is 10.3. The summed E-state index contributed by atoms with van der Waals surface area (Å²) >= 11 is 5.79. The molecule has 0 unspecified atom stereocenters. The predicted molar refractivity (Wildman–Crippen MR) is 72.6 cm³/mol. The molecule has 0 aliphatic carbocycles. The minimum absolute atomic E-state index is 0.430. The van der Waals surface area contributed by atoms with Crippen LogP contribution in [-0.4, -0.2) is 5.97 Å². The first-order valence-corrected chi connectivity index (χ1v) is 5.82. The molecule has 0 saturated heterocycles. The number of hydrogen-bond acceptors (Lipinski definition) is 2. The Bertz CT molecular complexity index is 562. The summed E-state index contributed by atoms with van der Waals surface area (Å²) in [6, 6.07) is 16.3. The molecule has 0 atom stereocenters. The minimum Gasteiger partial charge on any atom is -0.423 e. The molecule has 18 heavy (non-hydrogen) atoms. The van der Waals surface area contributed by atoms with Gasteiger partial charge in [-0.25, -0.2) is 4.79 Å². The monoisotopic (exact) mass is 258 g/mol. The summed E-state index contributed by atoms with van der Waals surface area (Å²) in [5.41, 5.74) is 0.945. The van der Waals surface area contributed by atoms with Gasteiger partial charge in [-0.15, -0.1) is 0 Å². The van der Waals surface area contributed by atoms with Crippen molar-refractivity contribution < 1.29 is 9.53 Å². The molecule has 0 radical (unpaired) electrons. The number of rotatable bonds is 3. The van der Waals surface area contributed by atoms with Gasteiger partial charge in [0.2, 0.25) is 0 Å². The zero-order valence-electron chi connectivity index (χ0n) is 9.55. The average Bonchev–Trinajstić information content (AvgIpc) is 2.38. The fourth-order valence-corrected chi connectivity index (χ4v) is 1.59. The molecule has 2 aromatic rings. The number of benzene rings is 2. The van der Waals surface area contributed by atoms with Gasteiger partial charge >= 0.3 is 5.97 Å². The lowest BCUT2D eigenvalue weighted by molar-refractivity contribution is -0.128. The van der Waals surface area contributed by atoms with Crippen molar-refractivity contribution in [1.29, 1.82) is 0 Å². The Morgan fingerprint density at radius 1 is 1.06 bits per heavy atom. The second kappa shape index (κ2) is 6.03. The Hall–Kier alpha value is -2.06. The van der Waals surface area contributed by atoms with E-state index in [1.165, 1.54) is 6.08 Å². The zero-order chi connectivity index (χ0) is 12.8. The SMILES string of the molecule is O=C(C=Cc1ccccc1)Oc1cccc(Cl)c1. The Morgan fingerprint density at radius 2 is 1.83 bits per heavy atom. The molecule has 0 bridgehead atoms. The highest BCUT2D eigenvalue weighted by atomic mass is 35.5. The normalized spacial score (nSPS) is 10.5. The van der Waals surface area contributed by atoms with Gasteiger partial charge in [0.05, 0.1) is 0 Å². The average molecular weight is 259 g/mol. The van der Waals surface area contributed by atoms with E-state index in [4.69, 9.17) is 16.3 Å². The Morgan fingerprint density at radius 3 is 2.56 bits per heavy atom. The van der Waals surface area contributed by atoms with Crippen molar-refractivity contribution in [3.8, 4) is 5.75 Å². The van der Waals surface area contributed by atoms with Crippen LogP contribution in [0.4, 0.5) is 0 Å². The first-order chi connectivity index (χ1) is 8.74. The van der Waals surface area contributed by atoms with Gasteiger partial charge in [0.1, 0.15) is 5.75 Å². The number of carbonyl (C=O) groups excluding carboxylic acids is 1. The van der Waals surface area contributed by atoms with E-state index in [-0.39, 0.29) is 0 Å². The van der Waals surface area contributed by atoms with Crippen molar-refractivity contribution >= 4 is 23.6 Å². The Labute approximate surface area is 110 Å². The van der Waals surface area contributed by atoms with Crippen LogP contribution in [0.5, 0.6) is 5.75 Å². The molecule has 0 aromatic heterocycles. The minimum atomic E-state index is -0.430. The van der Waals surface area contributed by atoms with Crippen LogP contribution in [0.1, 0.15) is 5.56 Å². The van der Waals surface area contributed by atoms with Gasteiger partial charge in [-0.05, 0) is 29.8 Å². The molecule has 90 valence electrons. The molecule has 0 heterocycles. The van der Waals surface area contributed by atoms with E-state index in [1.54, 1.807) is 30.3 Å². The van der Waals surface area contributed by atoms with Gasteiger partial charge in [0.25, 0.3) is 0 Å². The number of ether oxygens (including phenoxy) is 1. The lowest BCUT2D eigenvalue weighted by Crippen LogP contribution is -2.03. The summed E-state index contributed by atoms with van der Waals surface area (Å²) in [7, 11) is 0. The molecule has 2 rings (SSSR count). The van der Waals surface area contributed by atoms with Crippen molar-refractivity contribution in [3.05, 3.63) is 71.3 Å². The van der Waals surface area contributed by atoms with Crippen LogP contribution < -0.4 is 4.74 Å². The molecule has 2 aromatic carbocycles. The molecule has 0 aliphatic heterocycles. The fourth-order valence-electron chi connectivity index (χ4n) is 1.41. The second-order valence-corrected chi connectivity index (χ2v) is 4.06. The van der Waals surface area contributed by atoms with Gasteiger partial charge in [-0.3, -0.25) is 0 Å². The van der Waals surface area contributed by atoms with Gasteiger partial charge in [-0.2, -0.15) is 0 Å². The highest BCUT2D eigenvalue weighted by molar-refractivity contribution is 6.30. The molecular formula is C15H11ClO2. The van der Waals surface area contributed by atoms with Crippen molar-refractivity contribution in [2.75, 3.05) is 0 Å². The maximum atomic E-state index is 11.5. The summed E-state index contributed by atoms with van der Waals surface area (Å²) in [6.45, 7) is 0. The van der Waals surface area contributed by atoms with E-state index in [9.17, 15) is 4.79 Å². The number of halogens is 1. The van der Waals surface area contributed by atoms with Crippen LogP contribution in [0.2, 0.25) is 5.02 Å². The number of esters is 1. The summed E-state index contributed by atoms with van der Waals surface area (Å²) in [6.07, 6.45) is 3.09. The summed E-state index contributed by atoms with van der Waals surface area (Å²) in [5, 5.41) is 0.535. The van der Waals surface area contributed by atoms with Crippen LogP contribution in [-0.2, 0) is 4.79 Å². The predicted octanol–water partition coefficient (Wildman–Crippen LogP) is 3.96. The lowest BCUT2D eigenvalue weighted by atomic mass is 10.2. The molecular weight excluding hydrogens is 248 g/mol. The molecule has 0 fully saturated rings. The third-order valence-corrected chi connectivity index (χ3v) is 2.46. The second-order valence-electron chi connectivity index (χ2n) is 3.62. The van der Waals surface area contributed by atoms with Crippen LogP contribution in [0, 0.1) is 0 Å². The fraction of sp³-hybridized carbons (Fsp3) is 0. The molecule has 0 amide bonds. The van der Waals surface area contributed by atoms with Crippen LogP contribution in [0.15, 0.2) is 60.7 Å². The van der Waals surface area contributed by atoms with E-state index in [0.717, 1.165) is 5.56 Å². The van der Waals surface area contributed by atoms with E-state index in [2.05, 4.69) is 0 Å². The third kappa shape index (κ3) is 3.75. The third-order valence-electron chi connectivity index (χ3n) is 2.23. The van der Waals surface area contributed by atoms with Crippen molar-refractivity contribution in [3.63, 3.8) is 0 Å². The summed E-state index contributed by atoms with van der Waals surface area (Å²) in [4.78, 5) is 11.5. The highest BCUT2D eigenvalue weighted by Gasteiger charge is 2.00. The van der Waals surface area contributed by atoms with E-state index in [1.807, 2.05) is 30.3 Å². The Kier molecular flexibility index (Phi) is 4.15. The first-order valence-electron chi connectivity index (χ1n) is 5.44. The van der Waals surface area contributed by atoms with E-state index in [0.29, 0.717) is 10.8 Å². The summed E-state index contributed by atoms with van der Waals surface area (Å²) < 4.78 is 5.11. The van der Waals surface area contributed by atoms with Crippen LogP contribution in [0.25, 0.3) is 6.08 Å². The maximum Gasteiger partial charge on any atom is 0.336 e. The van der Waals surface area contributed by atoms with Gasteiger partial charge in [0.15, 0.2) is 0 Å². The largest absolute Gasteiger partial charge is 0.423 e. The molecule has 2 nitrogen and oxygen atoms in total. The standard InChI is InChI=1S/C15H11ClO2/c16-13-7-4-8-14(11-13)18-15(17)10-9-12-5-2-1-3-6-12/h1-11H. The van der Waals surface area contributed by atoms with Crippen LogP contribution >= 0.6 is 11.6 Å². The molecule has 0 aliphatic rings. The van der Waals surface area contributed by atoms with E-state index < -0.39 is 5.97 Å². The maximum absolute atomic E-state index is 11.5. The number of hydrogen-bond donors (Lipinski definition) is 0. The van der Waals surface area contributed by atoms with Gasteiger partial charge in [-0.1, -0.05) is 48.0 Å². The molecule has 0 spiro atoms. The summed E-state index contributed by atoms with van der Waals surface area (Å²) in [5.74, 6) is 0.00586. The molecule has 0 N–H and O–H groups in total. The van der Waals surface area contributed by atoms with Crippen molar-refractivity contribution in [2.45, 2.75) is 0 Å². The first kappa shape index (κ1) is 12.4. The smallest absolute Gasteiger partial charge is 0.336 e. The number of carbonyl (C=O) groups is 1. The van der Waals surface area contributed by atoms with Crippen LogP contribution in [0.3, 0.4) is 0 Å². The van der Waals surface area contributed by atoms with E-state index >= 15 is 0 Å². The van der Waals surface area contributed by atoms with Gasteiger partial charge in [0, 0.05) is 11.1 Å². The lowest BCUT2D eigenvalue weighted by Gasteiger charge is -2.00. The van der Waals surface area contributed by atoms with Crippen molar-refractivity contribution in [1.82, 2.24) is 0 Å². The molecule has 3 heteroatoms. The highest BCUT2D eigenvalue weighted by Crippen LogP contribution is 2.17. The quantitative estimate of drug-likeness (QED) is 0.473.